The van der Waals surface area contributed by atoms with Crippen LogP contribution in [0.15, 0.2) is 48.5 Å². The normalized spacial score (nSPS) is 12.6. The van der Waals surface area contributed by atoms with Gasteiger partial charge < -0.3 is 20.5 Å². The molecule has 1 atom stereocenters. The molecule has 6 heteroatoms. The van der Waals surface area contributed by atoms with Crippen LogP contribution < -0.4 is 15.8 Å². The number of rotatable bonds is 9. The molecule has 0 fully saturated rings. The number of anilines is 1. The molecule has 0 saturated heterocycles. The van der Waals surface area contributed by atoms with Gasteiger partial charge in [0.1, 0.15) is 11.5 Å². The lowest BCUT2D eigenvalue weighted by atomic mass is 9.96. The van der Waals surface area contributed by atoms with Gasteiger partial charge in [-0.15, -0.1) is 12.4 Å². The maximum atomic E-state index is 12.2. The van der Waals surface area contributed by atoms with E-state index >= 15 is 0 Å². The van der Waals surface area contributed by atoms with Crippen molar-refractivity contribution in [2.45, 2.75) is 38.6 Å². The third-order valence-electron chi connectivity index (χ3n) is 4.15. The molecule has 2 aromatic rings. The van der Waals surface area contributed by atoms with E-state index in [0.717, 1.165) is 18.6 Å². The summed E-state index contributed by atoms with van der Waals surface area (Å²) in [6, 6.07) is 15.2. The third kappa shape index (κ3) is 7.21. The van der Waals surface area contributed by atoms with Crippen molar-refractivity contribution < 1.29 is 14.3 Å². The second kappa shape index (κ2) is 10.9. The molecule has 148 valence electrons. The van der Waals surface area contributed by atoms with E-state index in [2.05, 4.69) is 5.32 Å². The average Bonchev–Trinajstić information content (AvgIpc) is 2.62. The molecule has 0 aliphatic carbocycles. The minimum atomic E-state index is -0.867. The zero-order valence-electron chi connectivity index (χ0n) is 16.2. The highest BCUT2D eigenvalue weighted by atomic mass is 35.5. The van der Waals surface area contributed by atoms with Crippen LogP contribution in [0.2, 0.25) is 0 Å². The van der Waals surface area contributed by atoms with Gasteiger partial charge in [0.05, 0.1) is 12.1 Å². The summed E-state index contributed by atoms with van der Waals surface area (Å²) in [5, 5.41) is 2.85. The fourth-order valence-corrected chi connectivity index (χ4v) is 2.59. The number of carbonyl (C=O) groups is 1. The fraction of sp³-hybridized carbons (Fsp3) is 0.381. The minimum absolute atomic E-state index is 0. The summed E-state index contributed by atoms with van der Waals surface area (Å²) < 4.78 is 10.9. The Hall–Kier alpha value is -2.08. The first-order valence-electron chi connectivity index (χ1n) is 8.90. The molecule has 1 amide bonds. The van der Waals surface area contributed by atoms with Gasteiger partial charge in [0.2, 0.25) is 5.91 Å². The van der Waals surface area contributed by atoms with E-state index in [0.29, 0.717) is 24.5 Å². The molecule has 0 aliphatic rings. The smallest absolute Gasteiger partial charge is 0.244 e. The Morgan fingerprint density at radius 2 is 1.63 bits per heavy atom. The molecule has 0 saturated carbocycles. The Morgan fingerprint density at radius 3 is 2.15 bits per heavy atom. The van der Waals surface area contributed by atoms with Crippen molar-refractivity contribution in [1.29, 1.82) is 0 Å². The number of benzene rings is 2. The lowest BCUT2D eigenvalue weighted by Crippen LogP contribution is -2.48. The molecule has 5 nitrogen and oxygen atoms in total. The van der Waals surface area contributed by atoms with Gasteiger partial charge in [0.15, 0.2) is 0 Å². The second-order valence-corrected chi connectivity index (χ2v) is 6.63. The standard InChI is InChI=1S/C21H28N2O3.ClH/c1-4-14-21(2,22)20(24)23-17-7-11-19(12-8-17)26-18-9-5-16(6-10-18)13-15-25-3;/h5-12H,4,13-15,22H2,1-3H3,(H,23,24);1H. The van der Waals surface area contributed by atoms with Crippen molar-refractivity contribution in [3.8, 4) is 11.5 Å². The first-order chi connectivity index (χ1) is 12.4. The highest BCUT2D eigenvalue weighted by Gasteiger charge is 2.27. The largest absolute Gasteiger partial charge is 0.457 e. The summed E-state index contributed by atoms with van der Waals surface area (Å²) in [5.41, 5.74) is 7.08. The van der Waals surface area contributed by atoms with Gasteiger partial charge in [0, 0.05) is 12.8 Å². The Kier molecular flexibility index (Phi) is 9.29. The van der Waals surface area contributed by atoms with Crippen LogP contribution in [0.25, 0.3) is 0 Å². The van der Waals surface area contributed by atoms with Crippen LogP contribution >= 0.6 is 12.4 Å². The average molecular weight is 393 g/mol. The van der Waals surface area contributed by atoms with E-state index in [9.17, 15) is 4.79 Å². The fourth-order valence-electron chi connectivity index (χ4n) is 2.59. The van der Waals surface area contributed by atoms with E-state index < -0.39 is 5.54 Å². The first kappa shape index (κ1) is 23.0. The van der Waals surface area contributed by atoms with E-state index in [4.69, 9.17) is 15.2 Å². The number of hydrogen-bond acceptors (Lipinski definition) is 4. The molecule has 0 radical (unpaired) electrons. The van der Waals surface area contributed by atoms with Gasteiger partial charge >= 0.3 is 0 Å². The molecule has 0 spiro atoms. The second-order valence-electron chi connectivity index (χ2n) is 6.63. The molecule has 2 aromatic carbocycles. The van der Waals surface area contributed by atoms with E-state index in [-0.39, 0.29) is 18.3 Å². The lowest BCUT2D eigenvalue weighted by molar-refractivity contribution is -0.120. The third-order valence-corrected chi connectivity index (χ3v) is 4.15. The Bertz CT molecular complexity index is 700. The van der Waals surface area contributed by atoms with Gasteiger partial charge in [-0.1, -0.05) is 25.5 Å². The summed E-state index contributed by atoms with van der Waals surface area (Å²) in [6.07, 6.45) is 2.38. The number of ether oxygens (including phenoxy) is 2. The molecular formula is C21H29ClN2O3. The molecule has 0 bridgehead atoms. The van der Waals surface area contributed by atoms with E-state index in [1.54, 1.807) is 14.0 Å². The number of methoxy groups -OCH3 is 1. The van der Waals surface area contributed by atoms with Crippen molar-refractivity contribution in [2.75, 3.05) is 19.0 Å². The van der Waals surface area contributed by atoms with Gasteiger partial charge in [-0.05, 0) is 61.7 Å². The maximum Gasteiger partial charge on any atom is 0.244 e. The Morgan fingerprint density at radius 1 is 1.07 bits per heavy atom. The summed E-state index contributed by atoms with van der Waals surface area (Å²) in [5.74, 6) is 1.29. The van der Waals surface area contributed by atoms with Gasteiger partial charge in [-0.25, -0.2) is 0 Å². The van der Waals surface area contributed by atoms with Gasteiger partial charge in [0.25, 0.3) is 0 Å². The van der Waals surface area contributed by atoms with Crippen molar-refractivity contribution >= 4 is 24.0 Å². The van der Waals surface area contributed by atoms with Crippen molar-refractivity contribution in [3.05, 3.63) is 54.1 Å². The molecule has 2 rings (SSSR count). The predicted octanol–water partition coefficient (Wildman–Crippen LogP) is 4.55. The molecule has 0 aromatic heterocycles. The number of nitrogens with two attached hydrogens (primary N) is 1. The number of carbonyl (C=O) groups excluding carboxylic acids is 1. The Balaban J connectivity index is 0.00000364. The van der Waals surface area contributed by atoms with Crippen LogP contribution in [-0.4, -0.2) is 25.2 Å². The molecule has 27 heavy (non-hydrogen) atoms. The molecule has 0 aliphatic heterocycles. The highest BCUT2D eigenvalue weighted by molar-refractivity contribution is 5.97. The topological polar surface area (TPSA) is 73.6 Å². The van der Waals surface area contributed by atoms with Crippen LogP contribution in [0.1, 0.15) is 32.3 Å². The zero-order valence-corrected chi connectivity index (χ0v) is 17.0. The van der Waals surface area contributed by atoms with Crippen LogP contribution in [0, 0.1) is 0 Å². The van der Waals surface area contributed by atoms with Crippen LogP contribution in [0.3, 0.4) is 0 Å². The monoisotopic (exact) mass is 392 g/mol. The SMILES string of the molecule is CCCC(C)(N)C(=O)Nc1ccc(Oc2ccc(CCOC)cc2)cc1.Cl. The van der Waals surface area contributed by atoms with Gasteiger partial charge in [-0.2, -0.15) is 0 Å². The van der Waals surface area contributed by atoms with Crippen LogP contribution in [0.4, 0.5) is 5.69 Å². The molecular weight excluding hydrogens is 364 g/mol. The summed E-state index contributed by atoms with van der Waals surface area (Å²) in [7, 11) is 1.70. The maximum absolute atomic E-state index is 12.2. The van der Waals surface area contributed by atoms with Gasteiger partial charge in [-0.3, -0.25) is 4.79 Å². The van der Waals surface area contributed by atoms with Crippen LogP contribution in [-0.2, 0) is 16.0 Å². The number of hydrogen-bond donors (Lipinski definition) is 2. The van der Waals surface area contributed by atoms with Crippen LogP contribution in [0.5, 0.6) is 11.5 Å². The van der Waals surface area contributed by atoms with E-state index in [1.165, 1.54) is 5.56 Å². The predicted molar refractivity (Wildman–Crippen MR) is 112 cm³/mol. The van der Waals surface area contributed by atoms with Crippen molar-refractivity contribution in [1.82, 2.24) is 0 Å². The number of amides is 1. The Labute approximate surface area is 167 Å². The minimum Gasteiger partial charge on any atom is -0.457 e. The molecule has 3 N–H and O–H groups in total. The number of halogens is 1. The lowest BCUT2D eigenvalue weighted by Gasteiger charge is -2.22. The number of nitrogens with one attached hydrogen (secondary N) is 1. The summed E-state index contributed by atoms with van der Waals surface area (Å²) in [4.78, 5) is 12.2. The van der Waals surface area contributed by atoms with Crippen molar-refractivity contribution in [2.24, 2.45) is 5.73 Å². The quantitative estimate of drug-likeness (QED) is 0.656. The zero-order chi connectivity index (χ0) is 19.0. The summed E-state index contributed by atoms with van der Waals surface area (Å²) >= 11 is 0. The van der Waals surface area contributed by atoms with Crippen molar-refractivity contribution in [3.63, 3.8) is 0 Å². The first-order valence-corrected chi connectivity index (χ1v) is 8.90. The van der Waals surface area contributed by atoms with E-state index in [1.807, 2.05) is 55.5 Å². The molecule has 0 heterocycles. The summed E-state index contributed by atoms with van der Waals surface area (Å²) in [6.45, 7) is 4.46. The highest BCUT2D eigenvalue weighted by Crippen LogP contribution is 2.24. The molecule has 1 unspecified atom stereocenters.